The van der Waals surface area contributed by atoms with E-state index in [2.05, 4.69) is 22.4 Å². The van der Waals surface area contributed by atoms with Crippen molar-refractivity contribution >= 4 is 23.3 Å². The van der Waals surface area contributed by atoms with Crippen molar-refractivity contribution in [3.05, 3.63) is 46.9 Å². The van der Waals surface area contributed by atoms with Gasteiger partial charge in [-0.25, -0.2) is 0 Å². The lowest BCUT2D eigenvalue weighted by Crippen LogP contribution is -2.22. The summed E-state index contributed by atoms with van der Waals surface area (Å²) in [6.45, 7) is 4.65. The van der Waals surface area contributed by atoms with Gasteiger partial charge in [-0.2, -0.15) is 5.10 Å². The van der Waals surface area contributed by atoms with Crippen molar-refractivity contribution in [1.82, 2.24) is 0 Å². The van der Waals surface area contributed by atoms with Gasteiger partial charge in [0, 0.05) is 23.2 Å². The zero-order valence-electron chi connectivity index (χ0n) is 16.8. The number of guanidine groups is 1. The van der Waals surface area contributed by atoms with E-state index < -0.39 is 0 Å². The van der Waals surface area contributed by atoms with E-state index in [4.69, 9.17) is 20.6 Å². The van der Waals surface area contributed by atoms with Gasteiger partial charge in [-0.15, -0.1) is 5.10 Å². The van der Waals surface area contributed by atoms with Crippen molar-refractivity contribution < 1.29 is 13.9 Å². The molecule has 1 aromatic carbocycles. The molecule has 0 saturated carbocycles. The lowest BCUT2D eigenvalue weighted by atomic mass is 9.93. The molecule has 0 unspecified atom stereocenters. The largest absolute Gasteiger partial charge is 0.494 e. The molecule has 154 valence electrons. The van der Waals surface area contributed by atoms with E-state index >= 15 is 0 Å². The number of anilines is 1. The zero-order chi connectivity index (χ0) is 20.8. The number of nitrogens with zero attached hydrogens (tertiary/aromatic N) is 2. The van der Waals surface area contributed by atoms with Gasteiger partial charge < -0.3 is 25.9 Å². The summed E-state index contributed by atoms with van der Waals surface area (Å²) in [5.74, 6) is 1.38. The Morgan fingerprint density at radius 3 is 2.69 bits per heavy atom. The van der Waals surface area contributed by atoms with Gasteiger partial charge in [-0.05, 0) is 50.5 Å². The lowest BCUT2D eigenvalue weighted by Gasteiger charge is -2.11. The van der Waals surface area contributed by atoms with Gasteiger partial charge in [0.05, 0.1) is 12.3 Å². The van der Waals surface area contributed by atoms with Gasteiger partial charge >= 0.3 is 0 Å². The summed E-state index contributed by atoms with van der Waals surface area (Å²) in [5, 5.41) is 10.8. The molecule has 1 aliphatic rings. The molecule has 5 N–H and O–H groups in total. The first-order valence-electron chi connectivity index (χ1n) is 9.82. The SMILES string of the molecule is CCCCOc1ccc(NC(=O)c2oc3c(c2C)/C(=N/N=C(N)N)CCC3)cc1. The van der Waals surface area contributed by atoms with Crippen molar-refractivity contribution in [3.63, 3.8) is 0 Å². The van der Waals surface area contributed by atoms with Crippen LogP contribution in [0.15, 0.2) is 38.9 Å². The standard InChI is InChI=1S/C21H27N5O3/c1-3-4-12-28-15-10-8-14(9-11-15)24-20(27)19-13(2)18-16(25-26-21(22)23)6-5-7-17(18)29-19/h8-11H,3-7,12H2,1-2H3,(H,24,27)(H4,22,23,26)/b25-16+. The fourth-order valence-corrected chi connectivity index (χ4v) is 3.26. The first-order chi connectivity index (χ1) is 14.0. The molecular weight excluding hydrogens is 370 g/mol. The number of carbonyl (C=O) groups excluding carboxylic acids is 1. The summed E-state index contributed by atoms with van der Waals surface area (Å²) >= 11 is 0. The molecule has 1 aromatic heterocycles. The number of amides is 1. The highest BCUT2D eigenvalue weighted by Gasteiger charge is 2.28. The Kier molecular flexibility index (Phi) is 6.54. The summed E-state index contributed by atoms with van der Waals surface area (Å²) in [6, 6.07) is 7.29. The second-order valence-electron chi connectivity index (χ2n) is 6.96. The van der Waals surface area contributed by atoms with E-state index in [0.29, 0.717) is 12.3 Å². The monoisotopic (exact) mass is 397 g/mol. The van der Waals surface area contributed by atoms with Gasteiger partial charge in [0.2, 0.25) is 5.96 Å². The predicted molar refractivity (Wildman–Crippen MR) is 114 cm³/mol. The molecule has 0 spiro atoms. The second kappa shape index (κ2) is 9.27. The van der Waals surface area contributed by atoms with Crippen molar-refractivity contribution in [2.24, 2.45) is 21.7 Å². The molecule has 8 heteroatoms. The number of furan rings is 1. The van der Waals surface area contributed by atoms with E-state index in [9.17, 15) is 4.79 Å². The van der Waals surface area contributed by atoms with E-state index in [0.717, 1.165) is 60.5 Å². The minimum atomic E-state index is -0.308. The number of fused-ring (bicyclic) bond motifs is 1. The van der Waals surface area contributed by atoms with Crippen LogP contribution in [0.2, 0.25) is 0 Å². The van der Waals surface area contributed by atoms with Crippen LogP contribution in [0.5, 0.6) is 5.75 Å². The maximum atomic E-state index is 12.8. The first kappa shape index (κ1) is 20.4. The normalized spacial score (nSPS) is 14.3. The van der Waals surface area contributed by atoms with Crippen LogP contribution in [0.4, 0.5) is 5.69 Å². The number of carbonyl (C=O) groups is 1. The average molecular weight is 397 g/mol. The molecule has 1 aliphatic carbocycles. The number of rotatable bonds is 7. The minimum Gasteiger partial charge on any atom is -0.494 e. The third-order valence-electron chi connectivity index (χ3n) is 4.70. The smallest absolute Gasteiger partial charge is 0.291 e. The molecule has 2 aromatic rings. The van der Waals surface area contributed by atoms with Crippen LogP contribution in [0.3, 0.4) is 0 Å². The summed E-state index contributed by atoms with van der Waals surface area (Å²) in [5.41, 5.74) is 13.7. The minimum absolute atomic E-state index is 0.106. The zero-order valence-corrected chi connectivity index (χ0v) is 16.8. The van der Waals surface area contributed by atoms with E-state index in [1.807, 2.05) is 31.2 Å². The summed E-state index contributed by atoms with van der Waals surface area (Å²) in [4.78, 5) is 12.8. The Labute approximate surface area is 170 Å². The van der Waals surface area contributed by atoms with Crippen molar-refractivity contribution in [3.8, 4) is 5.75 Å². The summed E-state index contributed by atoms with van der Waals surface area (Å²) < 4.78 is 11.5. The maximum Gasteiger partial charge on any atom is 0.291 e. The Bertz CT molecular complexity index is 925. The molecule has 0 bridgehead atoms. The molecule has 3 rings (SSSR count). The Morgan fingerprint density at radius 1 is 1.24 bits per heavy atom. The fourth-order valence-electron chi connectivity index (χ4n) is 3.26. The third-order valence-corrected chi connectivity index (χ3v) is 4.70. The quantitative estimate of drug-likeness (QED) is 0.286. The average Bonchev–Trinajstić information content (AvgIpc) is 3.05. The highest BCUT2D eigenvalue weighted by molar-refractivity contribution is 6.09. The summed E-state index contributed by atoms with van der Waals surface area (Å²) in [7, 11) is 0. The molecule has 0 aliphatic heterocycles. The predicted octanol–water partition coefficient (Wildman–Crippen LogP) is 3.33. The van der Waals surface area contributed by atoms with Crippen LogP contribution in [-0.4, -0.2) is 24.2 Å². The van der Waals surface area contributed by atoms with Crippen LogP contribution >= 0.6 is 0 Å². The number of nitrogens with two attached hydrogens (primary N) is 2. The third kappa shape index (κ3) is 4.96. The van der Waals surface area contributed by atoms with Crippen molar-refractivity contribution in [2.75, 3.05) is 11.9 Å². The van der Waals surface area contributed by atoms with Crippen LogP contribution in [0.1, 0.15) is 60.0 Å². The van der Waals surface area contributed by atoms with Crippen LogP contribution < -0.4 is 21.5 Å². The topological polar surface area (TPSA) is 128 Å². The molecule has 0 radical (unpaired) electrons. The first-order valence-corrected chi connectivity index (χ1v) is 9.82. The van der Waals surface area contributed by atoms with E-state index in [-0.39, 0.29) is 17.6 Å². The van der Waals surface area contributed by atoms with Gasteiger partial charge in [-0.1, -0.05) is 13.3 Å². The van der Waals surface area contributed by atoms with Crippen molar-refractivity contribution in [2.45, 2.75) is 46.0 Å². The number of ether oxygens (including phenoxy) is 1. The van der Waals surface area contributed by atoms with Crippen LogP contribution in [0, 0.1) is 6.92 Å². The number of unbranched alkanes of at least 4 members (excludes halogenated alkanes) is 1. The molecule has 1 heterocycles. The van der Waals surface area contributed by atoms with Gasteiger partial charge in [0.25, 0.3) is 5.91 Å². The number of hydrogen-bond acceptors (Lipinski definition) is 5. The fraction of sp³-hybridized carbons (Fsp3) is 0.381. The molecule has 0 atom stereocenters. The summed E-state index contributed by atoms with van der Waals surface area (Å²) in [6.07, 6.45) is 4.42. The Hall–Kier alpha value is -3.29. The Balaban J connectivity index is 1.75. The van der Waals surface area contributed by atoms with Gasteiger partial charge in [-0.3, -0.25) is 4.79 Å². The van der Waals surface area contributed by atoms with E-state index in [1.165, 1.54) is 0 Å². The van der Waals surface area contributed by atoms with Gasteiger partial charge in [0.15, 0.2) is 5.76 Å². The number of aryl methyl sites for hydroxylation is 1. The van der Waals surface area contributed by atoms with Crippen LogP contribution in [-0.2, 0) is 6.42 Å². The highest BCUT2D eigenvalue weighted by Crippen LogP contribution is 2.30. The molecule has 8 nitrogen and oxygen atoms in total. The molecule has 29 heavy (non-hydrogen) atoms. The number of benzene rings is 1. The van der Waals surface area contributed by atoms with Crippen LogP contribution in [0.25, 0.3) is 0 Å². The Morgan fingerprint density at radius 2 is 2.00 bits per heavy atom. The molecule has 0 fully saturated rings. The second-order valence-corrected chi connectivity index (χ2v) is 6.96. The molecular formula is C21H27N5O3. The van der Waals surface area contributed by atoms with Crippen molar-refractivity contribution in [1.29, 1.82) is 0 Å². The number of nitrogens with one attached hydrogen (secondary N) is 1. The van der Waals surface area contributed by atoms with E-state index in [1.54, 1.807) is 0 Å². The molecule has 1 amide bonds. The maximum absolute atomic E-state index is 12.8. The van der Waals surface area contributed by atoms with Gasteiger partial charge in [0.1, 0.15) is 11.5 Å². The number of hydrogen-bond donors (Lipinski definition) is 3. The highest BCUT2D eigenvalue weighted by atomic mass is 16.5. The lowest BCUT2D eigenvalue weighted by molar-refractivity contribution is 0.0994. The molecule has 0 saturated heterocycles.